The molecular formula is C22H36N4OS. The normalized spacial score (nSPS) is 19.6. The Morgan fingerprint density at radius 3 is 2.61 bits per heavy atom. The molecule has 28 heavy (non-hydrogen) atoms. The molecule has 5 nitrogen and oxygen atoms in total. The minimum absolute atomic E-state index is 0.526. The monoisotopic (exact) mass is 404 g/mol. The van der Waals surface area contributed by atoms with E-state index in [0.29, 0.717) is 6.04 Å². The van der Waals surface area contributed by atoms with Gasteiger partial charge < -0.3 is 15.0 Å². The SMILES string of the molecule is S=C(NC1CCCCCCC1)N(CCCN1CCOCC1)Cc1ccccn1. The summed E-state index contributed by atoms with van der Waals surface area (Å²) in [5.74, 6) is 0. The summed E-state index contributed by atoms with van der Waals surface area (Å²) in [7, 11) is 0. The number of hydrogen-bond acceptors (Lipinski definition) is 4. The molecule has 6 heteroatoms. The van der Waals surface area contributed by atoms with Gasteiger partial charge in [-0.25, -0.2) is 0 Å². The van der Waals surface area contributed by atoms with Crippen molar-refractivity contribution >= 4 is 17.3 Å². The van der Waals surface area contributed by atoms with Crippen molar-refractivity contribution in [1.82, 2.24) is 20.1 Å². The maximum Gasteiger partial charge on any atom is 0.169 e. The van der Waals surface area contributed by atoms with Gasteiger partial charge in [0.25, 0.3) is 0 Å². The van der Waals surface area contributed by atoms with Crippen LogP contribution in [0.4, 0.5) is 0 Å². The van der Waals surface area contributed by atoms with Crippen LogP contribution in [-0.4, -0.2) is 65.3 Å². The Balaban J connectivity index is 1.53. The van der Waals surface area contributed by atoms with E-state index in [2.05, 4.69) is 32.2 Å². The van der Waals surface area contributed by atoms with E-state index in [1.54, 1.807) is 0 Å². The second-order valence-corrected chi connectivity index (χ2v) is 8.43. The number of thiocarbonyl (C=S) groups is 1. The van der Waals surface area contributed by atoms with Gasteiger partial charge in [-0.1, -0.05) is 38.2 Å². The topological polar surface area (TPSA) is 40.6 Å². The smallest absolute Gasteiger partial charge is 0.169 e. The zero-order valence-electron chi connectivity index (χ0n) is 17.2. The van der Waals surface area contributed by atoms with E-state index in [4.69, 9.17) is 17.0 Å². The van der Waals surface area contributed by atoms with Crippen molar-refractivity contribution in [1.29, 1.82) is 0 Å². The summed E-state index contributed by atoms with van der Waals surface area (Å²) < 4.78 is 5.46. The predicted octanol–water partition coefficient (Wildman–Crippen LogP) is 3.59. The molecule has 0 amide bonds. The second-order valence-electron chi connectivity index (χ2n) is 8.04. The molecule has 1 saturated heterocycles. The van der Waals surface area contributed by atoms with Crippen molar-refractivity contribution in [2.75, 3.05) is 39.4 Å². The van der Waals surface area contributed by atoms with Crippen molar-refractivity contribution in [2.45, 2.75) is 64.0 Å². The lowest BCUT2D eigenvalue weighted by molar-refractivity contribution is 0.0367. The van der Waals surface area contributed by atoms with Gasteiger partial charge in [0.1, 0.15) is 0 Å². The summed E-state index contributed by atoms with van der Waals surface area (Å²) in [6.07, 6.45) is 12.2. The van der Waals surface area contributed by atoms with E-state index in [-0.39, 0.29) is 0 Å². The number of morpholine rings is 1. The van der Waals surface area contributed by atoms with Crippen LogP contribution in [0, 0.1) is 0 Å². The lowest BCUT2D eigenvalue weighted by Gasteiger charge is -2.31. The number of nitrogens with one attached hydrogen (secondary N) is 1. The molecular weight excluding hydrogens is 368 g/mol. The number of pyridine rings is 1. The molecule has 0 bridgehead atoms. The summed E-state index contributed by atoms with van der Waals surface area (Å²) in [6, 6.07) is 6.64. The molecule has 156 valence electrons. The van der Waals surface area contributed by atoms with Gasteiger partial charge in [-0.3, -0.25) is 9.88 Å². The summed E-state index contributed by atoms with van der Waals surface area (Å²) in [5.41, 5.74) is 1.08. The lowest BCUT2D eigenvalue weighted by atomic mass is 9.97. The number of nitrogens with zero attached hydrogens (tertiary/aromatic N) is 3. The van der Waals surface area contributed by atoms with Crippen molar-refractivity contribution in [3.05, 3.63) is 30.1 Å². The van der Waals surface area contributed by atoms with Gasteiger partial charge in [0, 0.05) is 38.4 Å². The molecule has 0 unspecified atom stereocenters. The first-order valence-corrected chi connectivity index (χ1v) is 11.5. The standard InChI is InChI=1S/C22H36N4OS/c28-22(24-20-9-4-2-1-3-5-10-20)26(19-21-11-6-7-12-23-21)14-8-13-25-15-17-27-18-16-25/h6-7,11-12,20H,1-5,8-10,13-19H2,(H,24,28). The van der Waals surface area contributed by atoms with Gasteiger partial charge in [-0.05, 0) is 43.6 Å². The van der Waals surface area contributed by atoms with E-state index >= 15 is 0 Å². The molecule has 1 aromatic heterocycles. The van der Waals surface area contributed by atoms with Gasteiger partial charge in [0.05, 0.1) is 25.5 Å². The molecule has 1 aliphatic heterocycles. The molecule has 1 saturated carbocycles. The first kappa shape index (κ1) is 21.5. The fourth-order valence-corrected chi connectivity index (χ4v) is 4.44. The Kier molecular flexibility index (Phi) is 9.47. The first-order chi connectivity index (χ1) is 13.8. The molecule has 2 heterocycles. The van der Waals surface area contributed by atoms with Gasteiger partial charge >= 0.3 is 0 Å². The van der Waals surface area contributed by atoms with Crippen LogP contribution in [0.3, 0.4) is 0 Å². The summed E-state index contributed by atoms with van der Waals surface area (Å²) in [5, 5.41) is 4.59. The average Bonchev–Trinajstić information content (AvgIpc) is 2.70. The van der Waals surface area contributed by atoms with E-state index in [1.807, 2.05) is 12.3 Å². The highest BCUT2D eigenvalue weighted by Crippen LogP contribution is 2.17. The minimum Gasteiger partial charge on any atom is -0.379 e. The number of rotatable bonds is 7. The van der Waals surface area contributed by atoms with Gasteiger partial charge in [0.15, 0.2) is 5.11 Å². The van der Waals surface area contributed by atoms with Crippen LogP contribution in [0.5, 0.6) is 0 Å². The minimum atomic E-state index is 0.526. The molecule has 0 atom stereocenters. The van der Waals surface area contributed by atoms with Crippen LogP contribution in [-0.2, 0) is 11.3 Å². The maximum absolute atomic E-state index is 5.86. The average molecular weight is 405 g/mol. The molecule has 1 aliphatic carbocycles. The molecule has 3 rings (SSSR count). The zero-order valence-corrected chi connectivity index (χ0v) is 18.0. The fraction of sp³-hybridized carbons (Fsp3) is 0.727. The first-order valence-electron chi connectivity index (χ1n) is 11.1. The Morgan fingerprint density at radius 1 is 1.14 bits per heavy atom. The third-order valence-electron chi connectivity index (χ3n) is 5.81. The molecule has 1 N–H and O–H groups in total. The van der Waals surface area contributed by atoms with Crippen LogP contribution in [0.1, 0.15) is 57.1 Å². The zero-order chi connectivity index (χ0) is 19.4. The number of ether oxygens (including phenoxy) is 1. The Hall–Kier alpha value is -1.24. The molecule has 2 aliphatic rings. The van der Waals surface area contributed by atoms with Gasteiger partial charge in [-0.2, -0.15) is 0 Å². The van der Waals surface area contributed by atoms with Crippen molar-refractivity contribution in [2.24, 2.45) is 0 Å². The Labute approximate surface area is 175 Å². The highest BCUT2D eigenvalue weighted by atomic mass is 32.1. The Morgan fingerprint density at radius 2 is 1.89 bits per heavy atom. The number of aromatic nitrogens is 1. The quantitative estimate of drug-likeness (QED) is 0.701. The highest BCUT2D eigenvalue weighted by molar-refractivity contribution is 7.80. The third kappa shape index (κ3) is 7.64. The number of hydrogen-bond donors (Lipinski definition) is 1. The van der Waals surface area contributed by atoms with Crippen LogP contribution < -0.4 is 5.32 Å². The van der Waals surface area contributed by atoms with Gasteiger partial charge in [-0.15, -0.1) is 0 Å². The fourth-order valence-electron chi connectivity index (χ4n) is 4.12. The summed E-state index contributed by atoms with van der Waals surface area (Å²) >= 11 is 5.86. The lowest BCUT2D eigenvalue weighted by Crippen LogP contribution is -2.46. The Bertz CT molecular complexity index is 557. The second kappa shape index (κ2) is 12.3. The third-order valence-corrected chi connectivity index (χ3v) is 6.18. The maximum atomic E-state index is 5.86. The van der Waals surface area contributed by atoms with Crippen LogP contribution in [0.15, 0.2) is 24.4 Å². The van der Waals surface area contributed by atoms with Crippen LogP contribution in [0.25, 0.3) is 0 Å². The predicted molar refractivity (Wildman–Crippen MR) is 118 cm³/mol. The van der Waals surface area contributed by atoms with E-state index in [1.165, 1.54) is 44.9 Å². The van der Waals surface area contributed by atoms with Crippen LogP contribution >= 0.6 is 12.2 Å². The van der Waals surface area contributed by atoms with Crippen LogP contribution in [0.2, 0.25) is 0 Å². The molecule has 0 spiro atoms. The van der Waals surface area contributed by atoms with E-state index < -0.39 is 0 Å². The van der Waals surface area contributed by atoms with Crippen molar-refractivity contribution in [3.8, 4) is 0 Å². The summed E-state index contributed by atoms with van der Waals surface area (Å²) in [6.45, 7) is 6.66. The van der Waals surface area contributed by atoms with Crippen molar-refractivity contribution < 1.29 is 4.74 Å². The summed E-state index contributed by atoms with van der Waals surface area (Å²) in [4.78, 5) is 9.33. The highest BCUT2D eigenvalue weighted by Gasteiger charge is 2.17. The van der Waals surface area contributed by atoms with Crippen molar-refractivity contribution in [3.63, 3.8) is 0 Å². The molecule has 0 radical (unpaired) electrons. The molecule has 1 aromatic rings. The van der Waals surface area contributed by atoms with Gasteiger partial charge in [0.2, 0.25) is 0 Å². The largest absolute Gasteiger partial charge is 0.379 e. The molecule has 0 aromatic carbocycles. The van der Waals surface area contributed by atoms with E-state index in [0.717, 1.165) is 63.2 Å². The van der Waals surface area contributed by atoms with E-state index in [9.17, 15) is 0 Å². The molecule has 2 fully saturated rings.